The molecule has 0 fully saturated rings. The Labute approximate surface area is 145 Å². The van der Waals surface area contributed by atoms with Crippen LogP contribution in [0, 0.1) is 0 Å². The Bertz CT molecular complexity index is 977. The molecule has 116 valence electrons. The van der Waals surface area contributed by atoms with Gasteiger partial charge in [-0.3, -0.25) is 4.98 Å². The van der Waals surface area contributed by atoms with Crippen LogP contribution < -0.4 is 0 Å². The van der Waals surface area contributed by atoms with Crippen molar-refractivity contribution in [2.24, 2.45) is 0 Å². The van der Waals surface area contributed by atoms with Crippen LogP contribution in [0.4, 0.5) is 0 Å². The van der Waals surface area contributed by atoms with Crippen molar-refractivity contribution in [2.45, 2.75) is 6.42 Å². The normalized spacial score (nSPS) is 10.9. The van der Waals surface area contributed by atoms with Crippen LogP contribution in [-0.2, 0) is 6.42 Å². The maximum absolute atomic E-state index is 6.03. The molecule has 2 aromatic heterocycles. The maximum atomic E-state index is 6.03. The van der Waals surface area contributed by atoms with Crippen molar-refractivity contribution in [3.05, 3.63) is 89.5 Å². The SMILES string of the molecule is Clc1ccc(-c2cccc3cnnc(Cc4ccncc4)c23)cc1. The molecule has 2 aromatic carbocycles. The van der Waals surface area contributed by atoms with Crippen molar-refractivity contribution < 1.29 is 0 Å². The number of pyridine rings is 1. The predicted octanol–water partition coefficient (Wildman–Crippen LogP) is 4.94. The predicted molar refractivity (Wildman–Crippen MR) is 97.0 cm³/mol. The summed E-state index contributed by atoms with van der Waals surface area (Å²) >= 11 is 6.03. The number of nitrogens with zero attached hydrogens (tertiary/aromatic N) is 3. The molecule has 4 aromatic rings. The smallest absolute Gasteiger partial charge is 0.0759 e. The molecule has 0 radical (unpaired) electrons. The molecule has 3 nitrogen and oxygen atoms in total. The van der Waals surface area contributed by atoms with Gasteiger partial charge in [0, 0.05) is 34.6 Å². The Kier molecular flexibility index (Phi) is 3.93. The van der Waals surface area contributed by atoms with Crippen LogP contribution in [0.25, 0.3) is 21.9 Å². The molecular formula is C20H14ClN3. The van der Waals surface area contributed by atoms with Crippen molar-refractivity contribution in [2.75, 3.05) is 0 Å². The number of hydrogen-bond donors (Lipinski definition) is 0. The summed E-state index contributed by atoms with van der Waals surface area (Å²) in [5.74, 6) is 0. The molecule has 4 heteroatoms. The highest BCUT2D eigenvalue weighted by Crippen LogP contribution is 2.31. The van der Waals surface area contributed by atoms with Gasteiger partial charge in [-0.25, -0.2) is 0 Å². The molecule has 0 atom stereocenters. The van der Waals surface area contributed by atoms with Crippen LogP contribution in [0.5, 0.6) is 0 Å². The minimum atomic E-state index is 0.720. The van der Waals surface area contributed by atoms with Crippen LogP contribution >= 0.6 is 11.6 Å². The second-order valence-corrected chi connectivity index (χ2v) is 6.04. The van der Waals surface area contributed by atoms with E-state index in [0.29, 0.717) is 0 Å². The highest BCUT2D eigenvalue weighted by molar-refractivity contribution is 6.30. The van der Waals surface area contributed by atoms with Gasteiger partial charge in [-0.2, -0.15) is 10.2 Å². The quantitative estimate of drug-likeness (QED) is 0.534. The van der Waals surface area contributed by atoms with Gasteiger partial charge in [0.1, 0.15) is 0 Å². The molecule has 0 saturated heterocycles. The van der Waals surface area contributed by atoms with E-state index in [9.17, 15) is 0 Å². The lowest BCUT2D eigenvalue weighted by atomic mass is 9.96. The fourth-order valence-corrected chi connectivity index (χ4v) is 3.02. The molecule has 24 heavy (non-hydrogen) atoms. The van der Waals surface area contributed by atoms with Gasteiger partial charge >= 0.3 is 0 Å². The fourth-order valence-electron chi connectivity index (χ4n) is 2.90. The Morgan fingerprint density at radius 1 is 0.875 bits per heavy atom. The molecule has 0 saturated carbocycles. The third kappa shape index (κ3) is 2.86. The second kappa shape index (κ2) is 6.38. The van der Waals surface area contributed by atoms with E-state index >= 15 is 0 Å². The van der Waals surface area contributed by atoms with E-state index in [1.807, 2.05) is 48.7 Å². The Morgan fingerprint density at radius 3 is 2.46 bits per heavy atom. The van der Waals surface area contributed by atoms with E-state index in [1.54, 1.807) is 12.4 Å². The Hall–Kier alpha value is -2.78. The van der Waals surface area contributed by atoms with Gasteiger partial charge in [0.05, 0.1) is 11.9 Å². The number of fused-ring (bicyclic) bond motifs is 1. The lowest BCUT2D eigenvalue weighted by Crippen LogP contribution is -1.98. The number of hydrogen-bond acceptors (Lipinski definition) is 3. The van der Waals surface area contributed by atoms with Gasteiger partial charge in [-0.15, -0.1) is 0 Å². The van der Waals surface area contributed by atoms with Crippen molar-refractivity contribution in [1.29, 1.82) is 0 Å². The van der Waals surface area contributed by atoms with Gasteiger partial charge < -0.3 is 0 Å². The lowest BCUT2D eigenvalue weighted by molar-refractivity contribution is 0.957. The van der Waals surface area contributed by atoms with Crippen LogP contribution in [0.3, 0.4) is 0 Å². The summed E-state index contributed by atoms with van der Waals surface area (Å²) in [6.45, 7) is 0. The molecule has 4 rings (SSSR count). The molecule has 0 spiro atoms. The molecule has 0 unspecified atom stereocenters. The summed E-state index contributed by atoms with van der Waals surface area (Å²) < 4.78 is 0. The average molecular weight is 332 g/mol. The van der Waals surface area contributed by atoms with Crippen LogP contribution in [0.1, 0.15) is 11.3 Å². The lowest BCUT2D eigenvalue weighted by Gasteiger charge is -2.11. The van der Waals surface area contributed by atoms with Crippen LogP contribution in [0.2, 0.25) is 5.02 Å². The average Bonchev–Trinajstić information content (AvgIpc) is 2.63. The van der Waals surface area contributed by atoms with Gasteiger partial charge in [0.25, 0.3) is 0 Å². The Balaban J connectivity index is 1.90. The first-order chi connectivity index (χ1) is 11.8. The van der Waals surface area contributed by atoms with Gasteiger partial charge in [-0.05, 0) is 41.0 Å². The first-order valence-electron chi connectivity index (χ1n) is 7.69. The van der Waals surface area contributed by atoms with E-state index in [4.69, 9.17) is 11.6 Å². The summed E-state index contributed by atoms with van der Waals surface area (Å²) in [7, 11) is 0. The Morgan fingerprint density at radius 2 is 1.67 bits per heavy atom. The standard InChI is InChI=1S/C20H14ClN3/c21-17-6-4-15(5-7-17)18-3-1-2-16-13-23-24-19(20(16)18)12-14-8-10-22-11-9-14/h1-11,13H,12H2. The van der Waals surface area contributed by atoms with E-state index in [0.717, 1.165) is 44.6 Å². The van der Waals surface area contributed by atoms with Crippen molar-refractivity contribution in [1.82, 2.24) is 15.2 Å². The largest absolute Gasteiger partial charge is 0.265 e. The zero-order valence-corrected chi connectivity index (χ0v) is 13.6. The minimum absolute atomic E-state index is 0.720. The summed E-state index contributed by atoms with van der Waals surface area (Å²) in [5.41, 5.74) is 4.39. The summed E-state index contributed by atoms with van der Waals surface area (Å²) in [6.07, 6.45) is 6.13. The summed E-state index contributed by atoms with van der Waals surface area (Å²) in [4.78, 5) is 4.07. The van der Waals surface area contributed by atoms with Gasteiger partial charge in [0.15, 0.2) is 0 Å². The number of rotatable bonds is 3. The van der Waals surface area contributed by atoms with Crippen molar-refractivity contribution in [3.8, 4) is 11.1 Å². The van der Waals surface area contributed by atoms with E-state index in [2.05, 4.69) is 27.3 Å². The molecule has 0 amide bonds. The number of aromatic nitrogens is 3. The molecule has 0 aliphatic rings. The number of benzene rings is 2. The van der Waals surface area contributed by atoms with Crippen LogP contribution in [-0.4, -0.2) is 15.2 Å². The first kappa shape index (κ1) is 14.8. The summed E-state index contributed by atoms with van der Waals surface area (Å²) in [6, 6.07) is 18.1. The van der Waals surface area contributed by atoms with Crippen LogP contribution in [0.15, 0.2) is 73.2 Å². The van der Waals surface area contributed by atoms with E-state index < -0.39 is 0 Å². The molecule has 0 aliphatic heterocycles. The highest BCUT2D eigenvalue weighted by atomic mass is 35.5. The molecule has 0 bridgehead atoms. The van der Waals surface area contributed by atoms with Gasteiger partial charge in [0.2, 0.25) is 0 Å². The molecular weight excluding hydrogens is 318 g/mol. The first-order valence-corrected chi connectivity index (χ1v) is 8.07. The van der Waals surface area contributed by atoms with Gasteiger partial charge in [-0.1, -0.05) is 41.9 Å². The van der Waals surface area contributed by atoms with E-state index in [1.165, 1.54) is 0 Å². The molecule has 0 aliphatic carbocycles. The second-order valence-electron chi connectivity index (χ2n) is 5.60. The number of halogens is 1. The van der Waals surface area contributed by atoms with Crippen molar-refractivity contribution >= 4 is 22.4 Å². The molecule has 2 heterocycles. The van der Waals surface area contributed by atoms with Crippen molar-refractivity contribution in [3.63, 3.8) is 0 Å². The zero-order chi connectivity index (χ0) is 16.4. The zero-order valence-electron chi connectivity index (χ0n) is 12.9. The van der Waals surface area contributed by atoms with E-state index in [-0.39, 0.29) is 0 Å². The molecule has 0 N–H and O–H groups in total. The topological polar surface area (TPSA) is 38.7 Å². The fraction of sp³-hybridized carbons (Fsp3) is 0.0500. The monoisotopic (exact) mass is 331 g/mol. The minimum Gasteiger partial charge on any atom is -0.265 e. The maximum Gasteiger partial charge on any atom is 0.0759 e. The highest BCUT2D eigenvalue weighted by Gasteiger charge is 2.11. The summed E-state index contributed by atoms with van der Waals surface area (Å²) in [5, 5.41) is 11.5. The third-order valence-electron chi connectivity index (χ3n) is 4.04. The third-order valence-corrected chi connectivity index (χ3v) is 4.29.